The third kappa shape index (κ3) is 2.28. The van der Waals surface area contributed by atoms with Gasteiger partial charge in [-0.15, -0.1) is 0 Å². The molecule has 0 spiro atoms. The lowest BCUT2D eigenvalue weighted by Gasteiger charge is -2.24. The SMILES string of the molecule is CC(=O)c1ccc(C2CCCCO2)c2ccccc12. The minimum atomic E-state index is 0.118. The van der Waals surface area contributed by atoms with Crippen LogP contribution < -0.4 is 0 Å². The second-order valence-corrected chi connectivity index (χ2v) is 5.16. The van der Waals surface area contributed by atoms with Gasteiger partial charge in [0.15, 0.2) is 5.78 Å². The van der Waals surface area contributed by atoms with Crippen LogP contribution in [0.25, 0.3) is 10.8 Å². The molecule has 1 heterocycles. The van der Waals surface area contributed by atoms with Crippen molar-refractivity contribution in [2.45, 2.75) is 32.3 Å². The summed E-state index contributed by atoms with van der Waals surface area (Å²) in [4.78, 5) is 11.7. The van der Waals surface area contributed by atoms with E-state index in [1.807, 2.05) is 24.3 Å². The molecule has 19 heavy (non-hydrogen) atoms. The van der Waals surface area contributed by atoms with Gasteiger partial charge in [-0.05, 0) is 42.5 Å². The van der Waals surface area contributed by atoms with Crippen LogP contribution in [0.3, 0.4) is 0 Å². The van der Waals surface area contributed by atoms with Crippen molar-refractivity contribution in [2.75, 3.05) is 6.61 Å². The van der Waals surface area contributed by atoms with Crippen LogP contribution in [0.5, 0.6) is 0 Å². The maximum absolute atomic E-state index is 11.7. The van der Waals surface area contributed by atoms with Crippen LogP contribution in [0.4, 0.5) is 0 Å². The Kier molecular flexibility index (Phi) is 3.34. The van der Waals surface area contributed by atoms with Gasteiger partial charge in [-0.3, -0.25) is 4.79 Å². The molecule has 0 aliphatic carbocycles. The Bertz CT molecular complexity index is 610. The van der Waals surface area contributed by atoms with E-state index in [1.54, 1.807) is 6.92 Å². The first-order valence-electron chi connectivity index (χ1n) is 6.91. The van der Waals surface area contributed by atoms with E-state index in [2.05, 4.69) is 12.1 Å². The second kappa shape index (κ2) is 5.14. The molecule has 0 radical (unpaired) electrons. The van der Waals surface area contributed by atoms with E-state index < -0.39 is 0 Å². The number of benzene rings is 2. The van der Waals surface area contributed by atoms with Crippen molar-refractivity contribution in [3.63, 3.8) is 0 Å². The van der Waals surface area contributed by atoms with Crippen molar-refractivity contribution in [1.29, 1.82) is 0 Å². The molecule has 1 aliphatic rings. The summed E-state index contributed by atoms with van der Waals surface area (Å²) in [5.41, 5.74) is 2.02. The van der Waals surface area contributed by atoms with Gasteiger partial charge in [-0.1, -0.05) is 36.4 Å². The molecule has 0 bridgehead atoms. The number of rotatable bonds is 2. The third-order valence-corrected chi connectivity index (χ3v) is 3.86. The molecule has 1 unspecified atom stereocenters. The first-order chi connectivity index (χ1) is 9.27. The van der Waals surface area contributed by atoms with Crippen molar-refractivity contribution < 1.29 is 9.53 Å². The number of Topliss-reactive ketones (excluding diaryl/α,β-unsaturated/α-hetero) is 1. The van der Waals surface area contributed by atoms with Gasteiger partial charge in [0.05, 0.1) is 6.10 Å². The molecule has 2 nitrogen and oxygen atoms in total. The van der Waals surface area contributed by atoms with E-state index in [1.165, 1.54) is 12.0 Å². The van der Waals surface area contributed by atoms with Crippen molar-refractivity contribution in [2.24, 2.45) is 0 Å². The molecule has 2 aromatic rings. The molecule has 0 N–H and O–H groups in total. The largest absolute Gasteiger partial charge is 0.374 e. The first-order valence-corrected chi connectivity index (χ1v) is 6.91. The molecule has 0 amide bonds. The minimum absolute atomic E-state index is 0.118. The Morgan fingerprint density at radius 1 is 1.11 bits per heavy atom. The minimum Gasteiger partial charge on any atom is -0.374 e. The summed E-state index contributed by atoms with van der Waals surface area (Å²) < 4.78 is 5.89. The van der Waals surface area contributed by atoms with Gasteiger partial charge in [0.25, 0.3) is 0 Å². The Morgan fingerprint density at radius 3 is 2.58 bits per heavy atom. The summed E-state index contributed by atoms with van der Waals surface area (Å²) >= 11 is 0. The molecule has 0 aromatic heterocycles. The number of fused-ring (bicyclic) bond motifs is 1. The van der Waals surface area contributed by atoms with Crippen LogP contribution in [-0.2, 0) is 4.74 Å². The van der Waals surface area contributed by atoms with E-state index in [0.717, 1.165) is 35.8 Å². The molecule has 1 fully saturated rings. The molecule has 2 heteroatoms. The van der Waals surface area contributed by atoms with Crippen LogP contribution in [0, 0.1) is 0 Å². The summed E-state index contributed by atoms with van der Waals surface area (Å²) in [6.45, 7) is 2.46. The van der Waals surface area contributed by atoms with Crippen LogP contribution in [0.1, 0.15) is 48.2 Å². The van der Waals surface area contributed by atoms with Gasteiger partial charge in [0.2, 0.25) is 0 Å². The lowest BCUT2D eigenvalue weighted by atomic mass is 9.92. The highest BCUT2D eigenvalue weighted by atomic mass is 16.5. The maximum Gasteiger partial charge on any atom is 0.160 e. The zero-order valence-corrected chi connectivity index (χ0v) is 11.2. The van der Waals surface area contributed by atoms with E-state index in [0.29, 0.717) is 0 Å². The number of ketones is 1. The van der Waals surface area contributed by atoms with E-state index in [-0.39, 0.29) is 11.9 Å². The highest BCUT2D eigenvalue weighted by Crippen LogP contribution is 2.34. The van der Waals surface area contributed by atoms with E-state index in [9.17, 15) is 4.79 Å². The Morgan fingerprint density at radius 2 is 1.89 bits per heavy atom. The fourth-order valence-corrected chi connectivity index (χ4v) is 2.90. The Hall–Kier alpha value is -1.67. The molecule has 1 atom stereocenters. The molecule has 98 valence electrons. The van der Waals surface area contributed by atoms with Crippen molar-refractivity contribution >= 4 is 16.6 Å². The van der Waals surface area contributed by atoms with Gasteiger partial charge in [0.1, 0.15) is 0 Å². The van der Waals surface area contributed by atoms with Crippen molar-refractivity contribution in [3.8, 4) is 0 Å². The quantitative estimate of drug-likeness (QED) is 0.747. The van der Waals surface area contributed by atoms with Gasteiger partial charge < -0.3 is 4.74 Å². The normalized spacial score (nSPS) is 19.5. The first kappa shape index (κ1) is 12.4. The monoisotopic (exact) mass is 254 g/mol. The number of carbonyl (C=O) groups excluding carboxylic acids is 1. The zero-order valence-electron chi connectivity index (χ0n) is 11.2. The average Bonchev–Trinajstić information content (AvgIpc) is 2.47. The van der Waals surface area contributed by atoms with E-state index >= 15 is 0 Å². The number of carbonyl (C=O) groups is 1. The van der Waals surface area contributed by atoms with Crippen LogP contribution >= 0.6 is 0 Å². The zero-order chi connectivity index (χ0) is 13.2. The molecule has 2 aromatic carbocycles. The topological polar surface area (TPSA) is 26.3 Å². The van der Waals surface area contributed by atoms with Crippen LogP contribution in [0.15, 0.2) is 36.4 Å². The Labute approximate surface area is 113 Å². The standard InChI is InChI=1S/C17H18O2/c1-12(18)13-9-10-16(17-8-4-5-11-19-17)15-7-3-2-6-14(13)15/h2-3,6-7,9-10,17H,4-5,8,11H2,1H3. The van der Waals surface area contributed by atoms with Gasteiger partial charge in [-0.2, -0.15) is 0 Å². The third-order valence-electron chi connectivity index (χ3n) is 3.86. The fraction of sp³-hybridized carbons (Fsp3) is 0.353. The summed E-state index contributed by atoms with van der Waals surface area (Å²) in [6.07, 6.45) is 3.62. The van der Waals surface area contributed by atoms with Crippen LogP contribution in [0.2, 0.25) is 0 Å². The van der Waals surface area contributed by atoms with Gasteiger partial charge >= 0.3 is 0 Å². The number of hydrogen-bond donors (Lipinski definition) is 0. The lowest BCUT2D eigenvalue weighted by Crippen LogP contribution is -2.12. The average molecular weight is 254 g/mol. The summed E-state index contributed by atoms with van der Waals surface area (Å²) in [7, 11) is 0. The Balaban J connectivity index is 2.15. The molecule has 0 saturated carbocycles. The highest BCUT2D eigenvalue weighted by molar-refractivity contribution is 6.07. The lowest BCUT2D eigenvalue weighted by molar-refractivity contribution is 0.0158. The molecular weight excluding hydrogens is 236 g/mol. The summed E-state index contributed by atoms with van der Waals surface area (Å²) in [6, 6.07) is 12.1. The summed E-state index contributed by atoms with van der Waals surface area (Å²) in [5, 5.41) is 2.20. The fourth-order valence-electron chi connectivity index (χ4n) is 2.90. The predicted octanol–water partition coefficient (Wildman–Crippen LogP) is 4.28. The predicted molar refractivity (Wildman–Crippen MR) is 76.5 cm³/mol. The van der Waals surface area contributed by atoms with Crippen LogP contribution in [-0.4, -0.2) is 12.4 Å². The number of ether oxygens (including phenoxy) is 1. The second-order valence-electron chi connectivity index (χ2n) is 5.16. The van der Waals surface area contributed by atoms with Gasteiger partial charge in [0, 0.05) is 12.2 Å². The van der Waals surface area contributed by atoms with Crippen molar-refractivity contribution in [1.82, 2.24) is 0 Å². The van der Waals surface area contributed by atoms with Crippen molar-refractivity contribution in [3.05, 3.63) is 47.5 Å². The summed E-state index contributed by atoms with van der Waals surface area (Å²) in [5.74, 6) is 0.118. The molecule has 1 saturated heterocycles. The van der Waals surface area contributed by atoms with E-state index in [4.69, 9.17) is 4.74 Å². The smallest absolute Gasteiger partial charge is 0.160 e. The molecule has 1 aliphatic heterocycles. The number of hydrogen-bond acceptors (Lipinski definition) is 2. The molecule has 3 rings (SSSR count). The maximum atomic E-state index is 11.7. The van der Waals surface area contributed by atoms with Gasteiger partial charge in [-0.25, -0.2) is 0 Å². The molecular formula is C17H18O2. The highest BCUT2D eigenvalue weighted by Gasteiger charge is 2.19.